The van der Waals surface area contributed by atoms with E-state index < -0.39 is 10.0 Å². The summed E-state index contributed by atoms with van der Waals surface area (Å²) in [6.45, 7) is 5.93. The van der Waals surface area contributed by atoms with Gasteiger partial charge in [0.15, 0.2) is 5.13 Å². The summed E-state index contributed by atoms with van der Waals surface area (Å²) in [6.07, 6.45) is 3.76. The topological polar surface area (TPSA) is 73.8 Å². The maximum atomic E-state index is 13.6. The largest absolute Gasteiger partial charge is 0.308 e. The van der Waals surface area contributed by atoms with E-state index in [2.05, 4.69) is 6.07 Å². The van der Waals surface area contributed by atoms with Crippen molar-refractivity contribution in [2.24, 2.45) is 0 Å². The Hall–Kier alpha value is -1.98. The number of hydrogen-bond donors (Lipinski definition) is 0. The molecule has 0 radical (unpaired) electrons. The number of sulfonamides is 1. The predicted molar refractivity (Wildman–Crippen MR) is 147 cm³/mol. The van der Waals surface area contributed by atoms with Crippen LogP contribution in [0, 0.1) is 0 Å². The van der Waals surface area contributed by atoms with Crippen LogP contribution in [0.5, 0.6) is 0 Å². The van der Waals surface area contributed by atoms with Gasteiger partial charge in [-0.15, -0.1) is 11.8 Å². The first kappa shape index (κ1) is 27.6. The Labute approximate surface area is 217 Å². The number of benzene rings is 2. The number of hydrogen-bond acceptors (Lipinski definition) is 7. The van der Waals surface area contributed by atoms with Gasteiger partial charge in [0, 0.05) is 36.6 Å². The van der Waals surface area contributed by atoms with Crippen LogP contribution in [0.15, 0.2) is 52.3 Å². The van der Waals surface area contributed by atoms with E-state index in [9.17, 15) is 13.2 Å². The van der Waals surface area contributed by atoms with Gasteiger partial charge in [0.05, 0.1) is 15.1 Å². The van der Waals surface area contributed by atoms with Crippen LogP contribution >= 0.6 is 23.1 Å². The molecule has 1 aromatic heterocycles. The van der Waals surface area contributed by atoms with E-state index in [1.807, 2.05) is 51.2 Å². The number of aromatic nitrogens is 1. The molecule has 0 unspecified atom stereocenters. The average Bonchev–Trinajstić information content (AvgIpc) is 3.27. The van der Waals surface area contributed by atoms with Crippen LogP contribution in [-0.4, -0.2) is 75.0 Å². The van der Waals surface area contributed by atoms with Gasteiger partial charge in [-0.05, 0) is 69.2 Å². The highest BCUT2D eigenvalue weighted by Gasteiger charge is 2.25. The van der Waals surface area contributed by atoms with Crippen molar-refractivity contribution in [3.63, 3.8) is 0 Å². The van der Waals surface area contributed by atoms with Crippen molar-refractivity contribution < 1.29 is 13.2 Å². The molecular formula is C25H34N4O3S3. The number of fused-ring (bicyclic) bond motifs is 1. The molecular weight excluding hydrogens is 501 g/mol. The van der Waals surface area contributed by atoms with E-state index in [-0.39, 0.29) is 10.8 Å². The van der Waals surface area contributed by atoms with Gasteiger partial charge in [0.1, 0.15) is 0 Å². The van der Waals surface area contributed by atoms with Crippen LogP contribution in [0.2, 0.25) is 0 Å². The van der Waals surface area contributed by atoms with Crippen molar-refractivity contribution in [2.45, 2.75) is 36.5 Å². The lowest BCUT2D eigenvalue weighted by Gasteiger charge is -2.23. The maximum Gasteiger partial charge on any atom is 0.260 e. The first-order valence-corrected chi connectivity index (χ1v) is 15.2. The Kier molecular flexibility index (Phi) is 9.71. The molecule has 7 nitrogen and oxygen atoms in total. The number of unbranched alkanes of at least 4 members (excludes halogenated alkanes) is 1. The number of carbonyl (C=O) groups excluding carboxylic acids is 1. The Balaban J connectivity index is 1.90. The third kappa shape index (κ3) is 6.62. The fourth-order valence-corrected chi connectivity index (χ4v) is 6.61. The van der Waals surface area contributed by atoms with Crippen molar-refractivity contribution in [1.82, 2.24) is 14.2 Å². The van der Waals surface area contributed by atoms with Crippen LogP contribution in [-0.2, 0) is 10.0 Å². The number of amides is 1. The van der Waals surface area contributed by atoms with Gasteiger partial charge in [-0.3, -0.25) is 9.69 Å². The first-order valence-electron chi connectivity index (χ1n) is 11.7. The summed E-state index contributed by atoms with van der Waals surface area (Å²) in [4.78, 5) is 23.3. The third-order valence-electron chi connectivity index (χ3n) is 5.68. The van der Waals surface area contributed by atoms with Gasteiger partial charge in [-0.25, -0.2) is 13.4 Å². The van der Waals surface area contributed by atoms with E-state index in [4.69, 9.17) is 4.98 Å². The second-order valence-electron chi connectivity index (χ2n) is 8.46. The molecule has 0 aliphatic carbocycles. The molecule has 0 spiro atoms. The molecule has 0 aliphatic heterocycles. The molecule has 3 rings (SSSR count). The molecule has 190 valence electrons. The number of rotatable bonds is 12. The highest BCUT2D eigenvalue weighted by atomic mass is 32.2. The van der Waals surface area contributed by atoms with Crippen molar-refractivity contribution in [2.75, 3.05) is 51.4 Å². The smallest absolute Gasteiger partial charge is 0.260 e. The van der Waals surface area contributed by atoms with Crippen molar-refractivity contribution in [1.29, 1.82) is 0 Å². The number of nitrogens with zero attached hydrogens (tertiary/aromatic N) is 4. The molecule has 1 amide bonds. The number of likely N-dealkylation sites (N-methyl/N-ethyl adjacent to an activating group) is 1. The molecule has 0 fully saturated rings. The second-order valence-corrected chi connectivity index (χ2v) is 12.3. The summed E-state index contributed by atoms with van der Waals surface area (Å²) < 4.78 is 28.6. The molecule has 1 heterocycles. The number of carbonyl (C=O) groups is 1. The molecule has 3 aromatic rings. The van der Waals surface area contributed by atoms with Crippen molar-refractivity contribution in [3.05, 3.63) is 48.0 Å². The van der Waals surface area contributed by atoms with Crippen LogP contribution in [0.3, 0.4) is 0 Å². The highest BCUT2D eigenvalue weighted by molar-refractivity contribution is 7.98. The van der Waals surface area contributed by atoms with E-state index >= 15 is 0 Å². The lowest BCUT2D eigenvalue weighted by atomic mass is 10.2. The Morgan fingerprint density at radius 1 is 1.03 bits per heavy atom. The molecule has 0 aliphatic rings. The van der Waals surface area contributed by atoms with Gasteiger partial charge in [-0.2, -0.15) is 4.31 Å². The maximum absolute atomic E-state index is 13.6. The van der Waals surface area contributed by atoms with Gasteiger partial charge in [0.2, 0.25) is 10.0 Å². The van der Waals surface area contributed by atoms with Gasteiger partial charge >= 0.3 is 0 Å². The minimum atomic E-state index is -3.59. The Morgan fingerprint density at radius 2 is 1.74 bits per heavy atom. The fourth-order valence-electron chi connectivity index (χ4n) is 3.58. The van der Waals surface area contributed by atoms with Crippen molar-refractivity contribution in [3.8, 4) is 0 Å². The zero-order valence-electron chi connectivity index (χ0n) is 21.0. The van der Waals surface area contributed by atoms with Crippen molar-refractivity contribution >= 4 is 54.4 Å². The molecule has 10 heteroatoms. The molecule has 0 atom stereocenters. The van der Waals surface area contributed by atoms with Crippen LogP contribution in [0.25, 0.3) is 10.2 Å². The third-order valence-corrected chi connectivity index (χ3v) is 9.44. The molecule has 0 saturated carbocycles. The predicted octanol–water partition coefficient (Wildman–Crippen LogP) is 5.04. The van der Waals surface area contributed by atoms with Gasteiger partial charge in [0.25, 0.3) is 5.91 Å². The minimum absolute atomic E-state index is 0.196. The molecule has 0 N–H and O–H groups in total. The van der Waals surface area contributed by atoms with E-state index in [1.54, 1.807) is 28.8 Å². The molecule has 2 aromatic carbocycles. The lowest BCUT2D eigenvalue weighted by Crippen LogP contribution is -2.36. The summed E-state index contributed by atoms with van der Waals surface area (Å²) in [5.41, 5.74) is 1.29. The fraction of sp³-hybridized carbons (Fsp3) is 0.440. The summed E-state index contributed by atoms with van der Waals surface area (Å²) in [6, 6.07) is 12.4. The van der Waals surface area contributed by atoms with E-state index in [0.717, 1.165) is 28.0 Å². The number of thiazole rings is 1. The van der Waals surface area contributed by atoms with Crippen LogP contribution in [0.4, 0.5) is 5.13 Å². The quantitative estimate of drug-likeness (QED) is 0.303. The summed E-state index contributed by atoms with van der Waals surface area (Å²) in [5, 5.41) is 0.638. The first-order chi connectivity index (χ1) is 16.7. The zero-order chi connectivity index (χ0) is 25.6. The standard InChI is InChI=1S/C25H34N4O3S3/c1-6-8-15-28(7-2)35(31,32)21-12-9-19(10-13-21)24(30)29(17-16-27(3)4)25-26-22-14-11-20(33-5)18-23(22)34-25/h9-14,18H,6-8,15-17H2,1-5H3. The summed E-state index contributed by atoms with van der Waals surface area (Å²) >= 11 is 3.16. The summed E-state index contributed by atoms with van der Waals surface area (Å²) in [7, 11) is 0.329. The van der Waals surface area contributed by atoms with Gasteiger partial charge < -0.3 is 4.90 Å². The Morgan fingerprint density at radius 3 is 2.34 bits per heavy atom. The van der Waals surface area contributed by atoms with Gasteiger partial charge in [-0.1, -0.05) is 31.6 Å². The monoisotopic (exact) mass is 534 g/mol. The molecule has 0 saturated heterocycles. The molecule has 0 bridgehead atoms. The minimum Gasteiger partial charge on any atom is -0.308 e. The lowest BCUT2D eigenvalue weighted by molar-refractivity contribution is 0.0985. The highest BCUT2D eigenvalue weighted by Crippen LogP contribution is 2.32. The summed E-state index contributed by atoms with van der Waals surface area (Å²) in [5.74, 6) is -0.196. The normalized spacial score (nSPS) is 12.1. The van der Waals surface area contributed by atoms with E-state index in [0.29, 0.717) is 36.9 Å². The SMILES string of the molecule is CCCCN(CC)S(=O)(=O)c1ccc(C(=O)N(CCN(C)C)c2nc3ccc(SC)cc3s2)cc1. The number of thioether (sulfide) groups is 1. The molecule has 35 heavy (non-hydrogen) atoms. The zero-order valence-corrected chi connectivity index (χ0v) is 23.5. The number of anilines is 1. The second kappa shape index (κ2) is 12.3. The van der Waals surface area contributed by atoms with Crippen LogP contribution < -0.4 is 4.90 Å². The Bertz CT molecular complexity index is 1240. The van der Waals surface area contributed by atoms with Crippen LogP contribution in [0.1, 0.15) is 37.0 Å². The average molecular weight is 535 g/mol. The van der Waals surface area contributed by atoms with E-state index in [1.165, 1.54) is 27.8 Å².